The van der Waals surface area contributed by atoms with Gasteiger partial charge in [-0.1, -0.05) is 0 Å². The van der Waals surface area contributed by atoms with E-state index in [9.17, 15) is 4.79 Å². The first kappa shape index (κ1) is 13.3. The minimum atomic E-state index is -0.360. The van der Waals surface area contributed by atoms with E-state index in [1.54, 1.807) is 0 Å². The summed E-state index contributed by atoms with van der Waals surface area (Å²) in [5.74, 6) is 0.317. The van der Waals surface area contributed by atoms with Gasteiger partial charge in [0.2, 0.25) is 0 Å². The van der Waals surface area contributed by atoms with Gasteiger partial charge in [0.05, 0.1) is 38.7 Å². The number of esters is 1. The molecule has 3 rings (SSSR count). The molecule has 6 nitrogen and oxygen atoms in total. The Morgan fingerprint density at radius 1 is 1.45 bits per heavy atom. The molecule has 20 heavy (non-hydrogen) atoms. The number of aromatic nitrogens is 1. The van der Waals surface area contributed by atoms with Crippen LogP contribution in [0.3, 0.4) is 0 Å². The molecule has 0 bridgehead atoms. The van der Waals surface area contributed by atoms with Crippen molar-refractivity contribution >= 4 is 11.8 Å². The van der Waals surface area contributed by atoms with Gasteiger partial charge in [0.15, 0.2) is 0 Å². The number of methoxy groups -OCH3 is 1. The van der Waals surface area contributed by atoms with Crippen LogP contribution in [0.25, 0.3) is 0 Å². The molecule has 0 saturated carbocycles. The van der Waals surface area contributed by atoms with Crippen molar-refractivity contribution in [1.29, 1.82) is 0 Å². The predicted octanol–water partition coefficient (Wildman–Crippen LogP) is 1.30. The van der Waals surface area contributed by atoms with Gasteiger partial charge in [-0.15, -0.1) is 0 Å². The molecule has 2 aliphatic heterocycles. The first-order valence-electron chi connectivity index (χ1n) is 6.77. The van der Waals surface area contributed by atoms with Crippen LogP contribution in [0.4, 0.5) is 5.82 Å². The Bertz CT molecular complexity index is 526. The van der Waals surface area contributed by atoms with Crippen molar-refractivity contribution < 1.29 is 19.0 Å². The molecule has 108 valence electrons. The zero-order valence-corrected chi connectivity index (χ0v) is 11.7. The molecule has 0 spiro atoms. The Hall–Kier alpha value is -1.66. The smallest absolute Gasteiger partial charge is 0.341 e. The Morgan fingerprint density at radius 3 is 2.90 bits per heavy atom. The highest BCUT2D eigenvalue weighted by Gasteiger charge is 2.28. The molecule has 0 radical (unpaired) electrons. The number of morpholine rings is 1. The minimum Gasteiger partial charge on any atom is -0.465 e. The number of pyridine rings is 1. The summed E-state index contributed by atoms with van der Waals surface area (Å²) in [5.41, 5.74) is 2.39. The van der Waals surface area contributed by atoms with Crippen LogP contribution in [0.15, 0.2) is 6.07 Å². The lowest BCUT2D eigenvalue weighted by Crippen LogP contribution is -2.38. The lowest BCUT2D eigenvalue weighted by molar-refractivity contribution is 0.0599. The third-order valence-corrected chi connectivity index (χ3v) is 3.74. The van der Waals surface area contributed by atoms with Crippen molar-refractivity contribution in [2.45, 2.75) is 19.6 Å². The fourth-order valence-electron chi connectivity index (χ4n) is 2.59. The van der Waals surface area contributed by atoms with Crippen molar-refractivity contribution in [2.75, 3.05) is 38.3 Å². The van der Waals surface area contributed by atoms with Crippen LogP contribution in [0.2, 0.25) is 0 Å². The lowest BCUT2D eigenvalue weighted by Gasteiger charge is -2.29. The first-order valence-corrected chi connectivity index (χ1v) is 6.77. The van der Waals surface area contributed by atoms with Gasteiger partial charge in [0.25, 0.3) is 0 Å². The zero-order valence-electron chi connectivity index (χ0n) is 11.7. The SMILES string of the molecule is COC(=O)c1cc2c(nc1N1CCOCC1)CO[C@@H]2C. The average Bonchev–Trinajstić information content (AvgIpc) is 2.87. The van der Waals surface area contributed by atoms with Gasteiger partial charge in [0, 0.05) is 18.7 Å². The second-order valence-electron chi connectivity index (χ2n) is 4.94. The highest BCUT2D eigenvalue weighted by molar-refractivity contribution is 5.95. The van der Waals surface area contributed by atoms with Crippen LogP contribution >= 0.6 is 0 Å². The van der Waals surface area contributed by atoms with Gasteiger partial charge < -0.3 is 19.1 Å². The van der Waals surface area contributed by atoms with Crippen molar-refractivity contribution in [1.82, 2.24) is 4.98 Å². The summed E-state index contributed by atoms with van der Waals surface area (Å²) in [7, 11) is 1.39. The molecule has 0 unspecified atom stereocenters. The van der Waals surface area contributed by atoms with E-state index in [0.29, 0.717) is 31.2 Å². The van der Waals surface area contributed by atoms with Crippen LogP contribution in [0.1, 0.15) is 34.6 Å². The Balaban J connectivity index is 2.04. The normalized spacial score (nSPS) is 21.7. The number of anilines is 1. The van der Waals surface area contributed by atoms with Crippen LogP contribution in [0.5, 0.6) is 0 Å². The molecule has 0 aromatic carbocycles. The molecule has 3 heterocycles. The van der Waals surface area contributed by atoms with Crippen LogP contribution < -0.4 is 4.90 Å². The second kappa shape index (κ2) is 5.38. The van der Waals surface area contributed by atoms with Crippen LogP contribution in [-0.2, 0) is 20.8 Å². The van der Waals surface area contributed by atoms with Gasteiger partial charge in [0.1, 0.15) is 11.4 Å². The quantitative estimate of drug-likeness (QED) is 0.760. The number of carbonyl (C=O) groups excluding carboxylic acids is 1. The summed E-state index contributed by atoms with van der Waals surface area (Å²) in [5, 5.41) is 0. The van der Waals surface area contributed by atoms with E-state index in [2.05, 4.69) is 9.88 Å². The van der Waals surface area contributed by atoms with Crippen molar-refractivity contribution in [3.63, 3.8) is 0 Å². The Kier molecular flexibility index (Phi) is 3.58. The summed E-state index contributed by atoms with van der Waals surface area (Å²) in [6.07, 6.45) is -0.0281. The minimum absolute atomic E-state index is 0.0281. The Morgan fingerprint density at radius 2 is 2.20 bits per heavy atom. The van der Waals surface area contributed by atoms with Crippen molar-refractivity contribution in [2.24, 2.45) is 0 Å². The first-order chi connectivity index (χ1) is 9.70. The number of ether oxygens (including phenoxy) is 3. The molecule has 1 saturated heterocycles. The van der Waals surface area contributed by atoms with E-state index in [0.717, 1.165) is 24.3 Å². The number of carbonyl (C=O) groups is 1. The van der Waals surface area contributed by atoms with Crippen molar-refractivity contribution in [3.05, 3.63) is 22.9 Å². The number of fused-ring (bicyclic) bond motifs is 1. The largest absolute Gasteiger partial charge is 0.465 e. The molecule has 0 aliphatic carbocycles. The van der Waals surface area contributed by atoms with Crippen LogP contribution in [-0.4, -0.2) is 44.4 Å². The van der Waals surface area contributed by atoms with Crippen molar-refractivity contribution in [3.8, 4) is 0 Å². The maximum atomic E-state index is 12.0. The topological polar surface area (TPSA) is 60.9 Å². The molecular weight excluding hydrogens is 260 g/mol. The number of nitrogens with zero attached hydrogens (tertiary/aromatic N) is 2. The number of hydrogen-bond acceptors (Lipinski definition) is 6. The fourth-order valence-corrected chi connectivity index (χ4v) is 2.59. The number of rotatable bonds is 2. The molecule has 0 amide bonds. The maximum Gasteiger partial charge on any atom is 0.341 e. The van der Waals surface area contributed by atoms with Gasteiger partial charge in [-0.25, -0.2) is 9.78 Å². The van der Waals surface area contributed by atoms with Gasteiger partial charge in [-0.2, -0.15) is 0 Å². The molecule has 1 aromatic rings. The molecule has 1 atom stereocenters. The summed E-state index contributed by atoms with van der Waals surface area (Å²) in [6, 6.07) is 1.86. The molecule has 0 N–H and O–H groups in total. The summed E-state index contributed by atoms with van der Waals surface area (Å²) in [6.45, 7) is 5.20. The standard InChI is InChI=1S/C14H18N2O4/c1-9-10-7-11(14(17)18-2)13(15-12(10)8-20-9)16-3-5-19-6-4-16/h7,9H,3-6,8H2,1-2H3/t9-/m1/s1. The number of hydrogen-bond donors (Lipinski definition) is 0. The molecule has 2 aliphatic rings. The van der Waals surface area contributed by atoms with E-state index in [1.165, 1.54) is 7.11 Å². The van der Waals surface area contributed by atoms with E-state index >= 15 is 0 Å². The monoisotopic (exact) mass is 278 g/mol. The molecule has 1 aromatic heterocycles. The highest BCUT2D eigenvalue weighted by Crippen LogP contribution is 2.33. The van der Waals surface area contributed by atoms with E-state index < -0.39 is 0 Å². The highest BCUT2D eigenvalue weighted by atomic mass is 16.5. The lowest BCUT2D eigenvalue weighted by atomic mass is 10.1. The Labute approximate surface area is 117 Å². The predicted molar refractivity (Wildman–Crippen MR) is 71.8 cm³/mol. The van der Waals surface area contributed by atoms with Gasteiger partial charge >= 0.3 is 5.97 Å². The third kappa shape index (κ3) is 2.25. The van der Waals surface area contributed by atoms with Gasteiger partial charge in [-0.05, 0) is 13.0 Å². The summed E-state index contributed by atoms with van der Waals surface area (Å²) < 4.78 is 15.8. The third-order valence-electron chi connectivity index (χ3n) is 3.74. The van der Waals surface area contributed by atoms with E-state index in [4.69, 9.17) is 14.2 Å². The average molecular weight is 278 g/mol. The molecule has 6 heteroatoms. The zero-order chi connectivity index (χ0) is 14.1. The van der Waals surface area contributed by atoms with E-state index in [1.807, 2.05) is 13.0 Å². The summed E-state index contributed by atoms with van der Waals surface area (Å²) >= 11 is 0. The maximum absolute atomic E-state index is 12.0. The van der Waals surface area contributed by atoms with E-state index in [-0.39, 0.29) is 12.1 Å². The van der Waals surface area contributed by atoms with Crippen LogP contribution in [0, 0.1) is 0 Å². The second-order valence-corrected chi connectivity index (χ2v) is 4.94. The fraction of sp³-hybridized carbons (Fsp3) is 0.571. The summed E-state index contributed by atoms with van der Waals surface area (Å²) in [4.78, 5) is 18.7. The molecular formula is C14H18N2O4. The van der Waals surface area contributed by atoms with Gasteiger partial charge in [-0.3, -0.25) is 0 Å². The molecule has 1 fully saturated rings.